The van der Waals surface area contributed by atoms with E-state index in [1.165, 1.54) is 11.8 Å². The summed E-state index contributed by atoms with van der Waals surface area (Å²) in [6.07, 6.45) is 7.44. The van der Waals surface area contributed by atoms with Crippen LogP contribution in [0.4, 0.5) is 5.69 Å². The van der Waals surface area contributed by atoms with E-state index < -0.39 is 0 Å². The standard InChI is InChI=1S/C19H22N4O/c20-18-15-21-9-8-17(18)19(24)23-13-11-22(12-14-23)10-4-7-16-5-2-1-3-6-16/h1-9,15H,10-14,20H2/b7-4+. The number of pyridine rings is 1. The predicted octanol–water partition coefficient (Wildman–Crippen LogP) is 2.14. The molecule has 1 fully saturated rings. The lowest BCUT2D eigenvalue weighted by Crippen LogP contribution is -2.48. The number of benzene rings is 1. The molecule has 1 aromatic heterocycles. The van der Waals surface area contributed by atoms with Crippen molar-refractivity contribution in [3.63, 3.8) is 0 Å². The number of anilines is 1. The fourth-order valence-corrected chi connectivity index (χ4v) is 2.81. The van der Waals surface area contributed by atoms with Gasteiger partial charge in [0, 0.05) is 38.9 Å². The fraction of sp³-hybridized carbons (Fsp3) is 0.263. The second-order valence-corrected chi connectivity index (χ2v) is 5.87. The van der Waals surface area contributed by atoms with Gasteiger partial charge >= 0.3 is 0 Å². The zero-order valence-electron chi connectivity index (χ0n) is 13.6. The highest BCUT2D eigenvalue weighted by Gasteiger charge is 2.22. The number of piperazine rings is 1. The summed E-state index contributed by atoms with van der Waals surface area (Å²) in [5.41, 5.74) is 8.04. The third-order valence-corrected chi connectivity index (χ3v) is 4.22. The van der Waals surface area contributed by atoms with Crippen LogP contribution in [-0.2, 0) is 0 Å². The van der Waals surface area contributed by atoms with Crippen LogP contribution >= 0.6 is 0 Å². The van der Waals surface area contributed by atoms with Gasteiger partial charge < -0.3 is 10.6 Å². The highest BCUT2D eigenvalue weighted by atomic mass is 16.2. The first-order valence-corrected chi connectivity index (χ1v) is 8.17. The summed E-state index contributed by atoms with van der Waals surface area (Å²) in [6, 6.07) is 12.0. The molecule has 0 unspecified atom stereocenters. The van der Waals surface area contributed by atoms with Gasteiger partial charge in [0.1, 0.15) is 0 Å². The molecule has 2 heterocycles. The molecule has 124 valence electrons. The zero-order valence-corrected chi connectivity index (χ0v) is 13.6. The van der Waals surface area contributed by atoms with Crippen molar-refractivity contribution in [2.45, 2.75) is 0 Å². The topological polar surface area (TPSA) is 62.5 Å². The minimum atomic E-state index is -0.00521. The van der Waals surface area contributed by atoms with Crippen LogP contribution in [0.5, 0.6) is 0 Å². The fourth-order valence-electron chi connectivity index (χ4n) is 2.81. The van der Waals surface area contributed by atoms with E-state index in [9.17, 15) is 4.79 Å². The first-order valence-electron chi connectivity index (χ1n) is 8.17. The van der Waals surface area contributed by atoms with Crippen LogP contribution in [0.2, 0.25) is 0 Å². The summed E-state index contributed by atoms with van der Waals surface area (Å²) in [4.78, 5) is 20.7. The third kappa shape index (κ3) is 4.00. The number of amides is 1. The number of hydrogen-bond donors (Lipinski definition) is 1. The van der Waals surface area contributed by atoms with E-state index in [0.29, 0.717) is 11.3 Å². The van der Waals surface area contributed by atoms with E-state index in [-0.39, 0.29) is 5.91 Å². The van der Waals surface area contributed by atoms with Crippen LogP contribution in [0.3, 0.4) is 0 Å². The van der Waals surface area contributed by atoms with Gasteiger partial charge in [0.25, 0.3) is 5.91 Å². The number of nitrogens with zero attached hydrogens (tertiary/aromatic N) is 3. The van der Waals surface area contributed by atoms with Crippen molar-refractivity contribution in [2.75, 3.05) is 38.5 Å². The number of carbonyl (C=O) groups excluding carboxylic acids is 1. The summed E-state index contributed by atoms with van der Waals surface area (Å²) in [5, 5.41) is 0. The molecule has 0 saturated carbocycles. The SMILES string of the molecule is Nc1cnccc1C(=O)N1CCN(C/C=C/c2ccccc2)CC1. The number of aromatic nitrogens is 1. The zero-order chi connectivity index (χ0) is 16.8. The Balaban J connectivity index is 1.50. The van der Waals surface area contributed by atoms with Gasteiger partial charge in [-0.25, -0.2) is 0 Å². The van der Waals surface area contributed by atoms with Gasteiger partial charge in [-0.3, -0.25) is 14.7 Å². The van der Waals surface area contributed by atoms with Crippen molar-refractivity contribution in [1.82, 2.24) is 14.8 Å². The molecular weight excluding hydrogens is 300 g/mol. The van der Waals surface area contributed by atoms with Gasteiger partial charge in [-0.1, -0.05) is 42.5 Å². The largest absolute Gasteiger partial charge is 0.397 e. The van der Waals surface area contributed by atoms with E-state index >= 15 is 0 Å². The Bertz CT molecular complexity index is 706. The summed E-state index contributed by atoms with van der Waals surface area (Å²) in [5.74, 6) is -0.00521. The smallest absolute Gasteiger partial charge is 0.256 e. The lowest BCUT2D eigenvalue weighted by atomic mass is 10.2. The second kappa shape index (κ2) is 7.75. The molecule has 1 aliphatic rings. The molecule has 2 N–H and O–H groups in total. The molecule has 0 bridgehead atoms. The van der Waals surface area contributed by atoms with Crippen molar-refractivity contribution in [3.05, 3.63) is 66.0 Å². The predicted molar refractivity (Wildman–Crippen MR) is 96.5 cm³/mol. The van der Waals surface area contributed by atoms with Gasteiger partial charge in [0.15, 0.2) is 0 Å². The highest BCUT2D eigenvalue weighted by molar-refractivity contribution is 5.98. The van der Waals surface area contributed by atoms with Crippen LogP contribution in [0, 0.1) is 0 Å². The average Bonchev–Trinajstić information content (AvgIpc) is 2.63. The Hall–Kier alpha value is -2.66. The number of carbonyl (C=O) groups is 1. The number of rotatable bonds is 4. The Labute approximate surface area is 142 Å². The van der Waals surface area contributed by atoms with E-state index in [1.54, 1.807) is 12.3 Å². The molecule has 0 spiro atoms. The van der Waals surface area contributed by atoms with Crippen LogP contribution in [0.25, 0.3) is 6.08 Å². The highest BCUT2D eigenvalue weighted by Crippen LogP contribution is 2.14. The minimum absolute atomic E-state index is 0.00521. The average molecular weight is 322 g/mol. The molecule has 0 aliphatic carbocycles. The van der Waals surface area contributed by atoms with E-state index in [2.05, 4.69) is 34.2 Å². The van der Waals surface area contributed by atoms with Gasteiger partial charge in [0.2, 0.25) is 0 Å². The van der Waals surface area contributed by atoms with Gasteiger partial charge in [-0.05, 0) is 11.6 Å². The van der Waals surface area contributed by atoms with E-state index in [1.807, 2.05) is 23.1 Å². The maximum Gasteiger partial charge on any atom is 0.256 e. The maximum atomic E-state index is 12.5. The maximum absolute atomic E-state index is 12.5. The van der Waals surface area contributed by atoms with Crippen LogP contribution < -0.4 is 5.73 Å². The molecule has 1 amide bonds. The molecule has 1 aliphatic heterocycles. The molecule has 2 aromatic rings. The minimum Gasteiger partial charge on any atom is -0.397 e. The molecule has 0 atom stereocenters. The van der Waals surface area contributed by atoms with Crippen molar-refractivity contribution in [2.24, 2.45) is 0 Å². The van der Waals surface area contributed by atoms with Crippen molar-refractivity contribution in [1.29, 1.82) is 0 Å². The van der Waals surface area contributed by atoms with Crippen molar-refractivity contribution in [3.8, 4) is 0 Å². The molecule has 1 aromatic carbocycles. The molecule has 5 heteroatoms. The number of nitrogens with two attached hydrogens (primary N) is 1. The molecule has 3 rings (SSSR count). The Morgan fingerprint density at radius 3 is 2.58 bits per heavy atom. The molecule has 1 saturated heterocycles. The van der Waals surface area contributed by atoms with E-state index in [4.69, 9.17) is 5.73 Å². The Morgan fingerprint density at radius 2 is 1.88 bits per heavy atom. The lowest BCUT2D eigenvalue weighted by Gasteiger charge is -2.34. The van der Waals surface area contributed by atoms with Crippen molar-refractivity contribution >= 4 is 17.7 Å². The molecule has 0 radical (unpaired) electrons. The van der Waals surface area contributed by atoms with Gasteiger partial charge in [-0.15, -0.1) is 0 Å². The third-order valence-electron chi connectivity index (χ3n) is 4.22. The number of hydrogen-bond acceptors (Lipinski definition) is 4. The summed E-state index contributed by atoms with van der Waals surface area (Å²) in [6.45, 7) is 4.08. The summed E-state index contributed by atoms with van der Waals surface area (Å²) < 4.78 is 0. The van der Waals surface area contributed by atoms with Gasteiger partial charge in [0.05, 0.1) is 17.4 Å². The monoisotopic (exact) mass is 322 g/mol. The van der Waals surface area contributed by atoms with Crippen LogP contribution in [-0.4, -0.2) is 53.4 Å². The Morgan fingerprint density at radius 1 is 1.12 bits per heavy atom. The quantitative estimate of drug-likeness (QED) is 0.937. The van der Waals surface area contributed by atoms with Crippen LogP contribution in [0.1, 0.15) is 15.9 Å². The summed E-state index contributed by atoms with van der Waals surface area (Å²) >= 11 is 0. The first-order chi connectivity index (χ1) is 11.7. The lowest BCUT2D eigenvalue weighted by molar-refractivity contribution is 0.0651. The molecular formula is C19H22N4O. The second-order valence-electron chi connectivity index (χ2n) is 5.87. The molecule has 5 nitrogen and oxygen atoms in total. The Kier molecular flexibility index (Phi) is 5.23. The summed E-state index contributed by atoms with van der Waals surface area (Å²) in [7, 11) is 0. The van der Waals surface area contributed by atoms with Gasteiger partial charge in [-0.2, -0.15) is 0 Å². The normalized spacial score (nSPS) is 15.8. The number of nitrogen functional groups attached to an aromatic ring is 1. The molecule has 24 heavy (non-hydrogen) atoms. The van der Waals surface area contributed by atoms with E-state index in [0.717, 1.165) is 32.7 Å². The van der Waals surface area contributed by atoms with Crippen molar-refractivity contribution < 1.29 is 4.79 Å². The van der Waals surface area contributed by atoms with Crippen LogP contribution in [0.15, 0.2) is 54.9 Å². The first kappa shape index (κ1) is 16.2.